The second kappa shape index (κ2) is 7.01. The van der Waals surface area contributed by atoms with E-state index in [0.29, 0.717) is 6.61 Å². The Labute approximate surface area is 90.4 Å². The van der Waals surface area contributed by atoms with Gasteiger partial charge in [0.15, 0.2) is 0 Å². The fourth-order valence-corrected chi connectivity index (χ4v) is 1.17. The van der Waals surface area contributed by atoms with Gasteiger partial charge in [0.2, 0.25) is 0 Å². The van der Waals surface area contributed by atoms with E-state index in [9.17, 15) is 5.11 Å². The first-order valence-electron chi connectivity index (χ1n) is 5.20. The van der Waals surface area contributed by atoms with E-state index < -0.39 is 6.10 Å². The zero-order valence-electron chi connectivity index (χ0n) is 8.97. The number of aliphatic hydroxyl groups excluding tert-OH is 1. The van der Waals surface area contributed by atoms with Crippen molar-refractivity contribution in [3.8, 4) is 0 Å². The molecule has 0 fully saturated rings. The number of benzene rings is 1. The Balaban J connectivity index is 2.21. The zero-order valence-corrected chi connectivity index (χ0v) is 8.97. The van der Waals surface area contributed by atoms with Gasteiger partial charge in [-0.05, 0) is 12.0 Å². The summed E-state index contributed by atoms with van der Waals surface area (Å²) in [5.41, 5.74) is 1.07. The highest BCUT2D eigenvalue weighted by atomic mass is 16.6. The summed E-state index contributed by atoms with van der Waals surface area (Å²) in [7, 11) is 0. The summed E-state index contributed by atoms with van der Waals surface area (Å²) >= 11 is 0. The van der Waals surface area contributed by atoms with Gasteiger partial charge in [-0.1, -0.05) is 48.8 Å². The molecule has 1 aromatic rings. The Morgan fingerprint density at radius 1 is 1.40 bits per heavy atom. The van der Waals surface area contributed by atoms with Crippen LogP contribution in [0.25, 0.3) is 0 Å². The highest BCUT2D eigenvalue weighted by Gasteiger charge is 1.96. The van der Waals surface area contributed by atoms with Crippen molar-refractivity contribution >= 4 is 6.21 Å². The van der Waals surface area contributed by atoms with E-state index in [1.54, 1.807) is 0 Å². The molecule has 3 nitrogen and oxygen atoms in total. The van der Waals surface area contributed by atoms with Crippen LogP contribution in [0.3, 0.4) is 0 Å². The Morgan fingerprint density at radius 3 is 2.80 bits per heavy atom. The average Bonchev–Trinajstić information content (AvgIpc) is 2.26. The van der Waals surface area contributed by atoms with Crippen LogP contribution in [0.1, 0.15) is 25.3 Å². The van der Waals surface area contributed by atoms with Gasteiger partial charge in [0.1, 0.15) is 6.61 Å². The van der Waals surface area contributed by atoms with Crippen molar-refractivity contribution in [3.05, 3.63) is 35.9 Å². The molecule has 0 saturated carbocycles. The summed E-state index contributed by atoms with van der Waals surface area (Å²) in [5.74, 6) is 0. The molecule has 1 unspecified atom stereocenters. The van der Waals surface area contributed by atoms with Crippen molar-refractivity contribution < 1.29 is 9.94 Å². The number of nitrogens with zero attached hydrogens (tertiary/aromatic N) is 1. The van der Waals surface area contributed by atoms with E-state index in [2.05, 4.69) is 5.16 Å². The third kappa shape index (κ3) is 5.18. The maximum absolute atomic E-state index is 9.32. The lowest BCUT2D eigenvalue weighted by atomic mass is 10.2. The van der Waals surface area contributed by atoms with E-state index in [1.165, 1.54) is 6.21 Å². The van der Waals surface area contributed by atoms with Crippen LogP contribution in [-0.4, -0.2) is 17.4 Å². The van der Waals surface area contributed by atoms with E-state index in [-0.39, 0.29) is 0 Å². The van der Waals surface area contributed by atoms with E-state index in [1.807, 2.05) is 37.3 Å². The van der Waals surface area contributed by atoms with Gasteiger partial charge in [-0.15, -0.1) is 0 Å². The topological polar surface area (TPSA) is 41.8 Å². The molecule has 0 aliphatic carbocycles. The van der Waals surface area contributed by atoms with Gasteiger partial charge in [0.25, 0.3) is 0 Å². The minimum atomic E-state index is -0.495. The quantitative estimate of drug-likeness (QED) is 0.574. The third-order valence-corrected chi connectivity index (χ3v) is 1.97. The molecule has 0 spiro atoms. The molecule has 0 amide bonds. The monoisotopic (exact) mass is 207 g/mol. The molecule has 0 radical (unpaired) electrons. The fraction of sp³-hybridized carbons (Fsp3) is 0.417. The van der Waals surface area contributed by atoms with Gasteiger partial charge in [-0.25, -0.2) is 0 Å². The lowest BCUT2D eigenvalue weighted by Crippen LogP contribution is -2.07. The van der Waals surface area contributed by atoms with Crippen LogP contribution in [-0.2, 0) is 11.4 Å². The van der Waals surface area contributed by atoms with E-state index >= 15 is 0 Å². The molecular weight excluding hydrogens is 190 g/mol. The predicted octanol–water partition coefficient (Wildman–Crippen LogP) is 2.35. The molecule has 82 valence electrons. The third-order valence-electron chi connectivity index (χ3n) is 1.97. The molecule has 3 heteroatoms. The van der Waals surface area contributed by atoms with Crippen LogP contribution < -0.4 is 0 Å². The first kappa shape index (κ1) is 11.7. The number of hydrogen-bond acceptors (Lipinski definition) is 3. The van der Waals surface area contributed by atoms with Crippen molar-refractivity contribution in [1.29, 1.82) is 0 Å². The summed E-state index contributed by atoms with van der Waals surface area (Å²) in [6.45, 7) is 2.46. The van der Waals surface area contributed by atoms with Gasteiger partial charge >= 0.3 is 0 Å². The molecule has 0 bridgehead atoms. The van der Waals surface area contributed by atoms with Crippen LogP contribution in [0.5, 0.6) is 0 Å². The van der Waals surface area contributed by atoms with Crippen molar-refractivity contribution in [2.24, 2.45) is 5.16 Å². The molecular formula is C12H17NO2. The first-order valence-corrected chi connectivity index (χ1v) is 5.20. The lowest BCUT2D eigenvalue weighted by Gasteiger charge is -2.02. The highest BCUT2D eigenvalue weighted by molar-refractivity contribution is 5.61. The lowest BCUT2D eigenvalue weighted by molar-refractivity contribution is 0.126. The minimum absolute atomic E-state index is 0.441. The maximum atomic E-state index is 9.32. The van der Waals surface area contributed by atoms with Gasteiger partial charge < -0.3 is 9.94 Å². The molecule has 15 heavy (non-hydrogen) atoms. The van der Waals surface area contributed by atoms with Crippen LogP contribution in [0.2, 0.25) is 0 Å². The average molecular weight is 207 g/mol. The Hall–Kier alpha value is -1.35. The van der Waals surface area contributed by atoms with Gasteiger partial charge in [-0.2, -0.15) is 0 Å². The van der Waals surface area contributed by atoms with Crippen molar-refractivity contribution in [3.63, 3.8) is 0 Å². The van der Waals surface area contributed by atoms with Crippen LogP contribution >= 0.6 is 0 Å². The molecule has 0 aromatic heterocycles. The Kier molecular flexibility index (Phi) is 5.48. The van der Waals surface area contributed by atoms with Gasteiger partial charge in [0, 0.05) is 0 Å². The molecule has 0 heterocycles. The maximum Gasteiger partial charge on any atom is 0.142 e. The van der Waals surface area contributed by atoms with E-state index in [0.717, 1.165) is 18.4 Å². The number of hydrogen-bond donors (Lipinski definition) is 1. The second-order valence-electron chi connectivity index (χ2n) is 3.37. The van der Waals surface area contributed by atoms with Crippen molar-refractivity contribution in [2.75, 3.05) is 0 Å². The molecule has 1 rings (SSSR count). The molecule has 0 aliphatic heterocycles. The minimum Gasteiger partial charge on any atom is -0.391 e. The summed E-state index contributed by atoms with van der Waals surface area (Å²) in [6.07, 6.45) is 2.60. The SMILES string of the molecule is CCCC(O)/C=N/OCc1ccccc1. The number of aliphatic hydroxyl groups is 1. The van der Waals surface area contributed by atoms with Crippen LogP contribution in [0, 0.1) is 0 Å². The second-order valence-corrected chi connectivity index (χ2v) is 3.37. The standard InChI is InChI=1S/C12H17NO2/c1-2-6-12(14)9-13-15-10-11-7-4-3-5-8-11/h3-5,7-9,12,14H,2,6,10H2,1H3/b13-9+. The summed E-state index contributed by atoms with van der Waals surface area (Å²) < 4.78 is 0. The largest absolute Gasteiger partial charge is 0.391 e. The van der Waals surface area contributed by atoms with Gasteiger partial charge in [0.05, 0.1) is 12.3 Å². The van der Waals surface area contributed by atoms with Crippen molar-refractivity contribution in [2.45, 2.75) is 32.5 Å². The smallest absolute Gasteiger partial charge is 0.142 e. The molecule has 1 atom stereocenters. The summed E-state index contributed by atoms with van der Waals surface area (Å²) in [4.78, 5) is 5.05. The number of oxime groups is 1. The van der Waals surface area contributed by atoms with Crippen molar-refractivity contribution in [1.82, 2.24) is 0 Å². The zero-order chi connectivity index (χ0) is 10.9. The predicted molar refractivity (Wildman–Crippen MR) is 60.6 cm³/mol. The Bertz CT molecular complexity index is 285. The molecule has 0 saturated heterocycles. The fourth-order valence-electron chi connectivity index (χ4n) is 1.17. The highest BCUT2D eigenvalue weighted by Crippen LogP contribution is 2.00. The van der Waals surface area contributed by atoms with Gasteiger partial charge in [-0.3, -0.25) is 0 Å². The normalized spacial score (nSPS) is 12.9. The molecule has 0 aliphatic rings. The van der Waals surface area contributed by atoms with Crippen LogP contribution in [0.4, 0.5) is 0 Å². The van der Waals surface area contributed by atoms with Crippen LogP contribution in [0.15, 0.2) is 35.5 Å². The summed E-state index contributed by atoms with van der Waals surface area (Å²) in [6, 6.07) is 9.80. The molecule has 1 N–H and O–H groups in total. The molecule has 1 aromatic carbocycles. The number of rotatable bonds is 6. The Morgan fingerprint density at radius 2 is 2.13 bits per heavy atom. The summed E-state index contributed by atoms with van der Waals surface area (Å²) in [5, 5.41) is 13.0. The van der Waals surface area contributed by atoms with E-state index in [4.69, 9.17) is 4.84 Å². The first-order chi connectivity index (χ1) is 7.33.